The van der Waals surface area contributed by atoms with Crippen molar-refractivity contribution in [3.8, 4) is 17.1 Å². The summed E-state index contributed by atoms with van der Waals surface area (Å²) in [4.78, 5) is 24.1. The van der Waals surface area contributed by atoms with Gasteiger partial charge in [-0.1, -0.05) is 18.2 Å². The lowest BCUT2D eigenvalue weighted by molar-refractivity contribution is 0.0768. The van der Waals surface area contributed by atoms with Gasteiger partial charge in [0.2, 0.25) is 5.95 Å². The fourth-order valence-corrected chi connectivity index (χ4v) is 6.08. The summed E-state index contributed by atoms with van der Waals surface area (Å²) in [5.41, 5.74) is 1.94. The van der Waals surface area contributed by atoms with Crippen LogP contribution in [0.4, 0.5) is 4.39 Å². The highest BCUT2D eigenvalue weighted by molar-refractivity contribution is 8.24. The predicted molar refractivity (Wildman–Crippen MR) is 135 cm³/mol. The van der Waals surface area contributed by atoms with E-state index >= 15 is 0 Å². The molecule has 1 atom stereocenters. The Bertz CT molecular complexity index is 1400. The van der Waals surface area contributed by atoms with Crippen LogP contribution < -0.4 is 0 Å². The van der Waals surface area contributed by atoms with Crippen molar-refractivity contribution in [3.63, 3.8) is 0 Å². The molecule has 1 saturated heterocycles. The molecule has 2 N–H and O–H groups in total. The number of fused-ring (bicyclic) bond motifs is 1. The Morgan fingerprint density at radius 3 is 2.46 bits per heavy atom. The minimum Gasteiger partial charge on any atom is -0.612 e. The Hall–Kier alpha value is -2.96. The van der Waals surface area contributed by atoms with Crippen molar-refractivity contribution in [3.05, 3.63) is 72.4 Å². The lowest BCUT2D eigenvalue weighted by Gasteiger charge is -2.40. The standard InChI is InChI=1S/C24H23FN4O4S2/c1-34(31)22-15-29(24-26-13-17(14-27-24)18-4-2-3-5-20(18)25)21-12-16(6-7-19(21)22)23(30)28-8-10-35(32,33)11-9-28/h2-7,12-15,32-33H,8-11H2,1H3. The van der Waals surface area contributed by atoms with E-state index < -0.39 is 21.8 Å². The Morgan fingerprint density at radius 1 is 1.11 bits per heavy atom. The largest absolute Gasteiger partial charge is 0.612 e. The van der Waals surface area contributed by atoms with E-state index in [0.717, 1.165) is 0 Å². The summed E-state index contributed by atoms with van der Waals surface area (Å²) in [5, 5.41) is 0.706. The van der Waals surface area contributed by atoms with Gasteiger partial charge in [0.05, 0.1) is 28.6 Å². The van der Waals surface area contributed by atoms with Crippen LogP contribution >= 0.6 is 10.6 Å². The van der Waals surface area contributed by atoms with Crippen molar-refractivity contribution in [2.75, 3.05) is 30.9 Å². The molecule has 1 amide bonds. The zero-order valence-electron chi connectivity index (χ0n) is 18.8. The molecule has 1 unspecified atom stereocenters. The summed E-state index contributed by atoms with van der Waals surface area (Å²) in [6.45, 7) is 0.538. The molecule has 0 bridgehead atoms. The number of hydrogen-bond acceptors (Lipinski definition) is 6. The van der Waals surface area contributed by atoms with Crippen LogP contribution in [0.1, 0.15) is 10.4 Å². The fraction of sp³-hybridized carbons (Fsp3) is 0.208. The second-order valence-electron chi connectivity index (χ2n) is 8.30. The lowest BCUT2D eigenvalue weighted by Crippen LogP contribution is -2.42. The molecule has 1 aliphatic rings. The first kappa shape index (κ1) is 23.8. The third-order valence-electron chi connectivity index (χ3n) is 6.03. The normalized spacial score (nSPS) is 17.3. The average Bonchev–Trinajstić information content (AvgIpc) is 3.23. The number of amides is 1. The predicted octanol–water partition coefficient (Wildman–Crippen LogP) is 4.17. The summed E-state index contributed by atoms with van der Waals surface area (Å²) >= 11 is -1.30. The van der Waals surface area contributed by atoms with Crippen molar-refractivity contribution in [1.29, 1.82) is 0 Å². The molecule has 8 nitrogen and oxygen atoms in total. The Balaban J connectivity index is 1.53. The first-order chi connectivity index (χ1) is 16.7. The molecule has 1 fully saturated rings. The van der Waals surface area contributed by atoms with Crippen molar-refractivity contribution >= 4 is 38.6 Å². The van der Waals surface area contributed by atoms with E-state index in [2.05, 4.69) is 9.97 Å². The number of aromatic nitrogens is 3. The fourth-order valence-electron chi connectivity index (χ4n) is 4.12. The molecule has 0 aliphatic carbocycles. The molecule has 4 aromatic rings. The van der Waals surface area contributed by atoms with Crippen molar-refractivity contribution in [2.45, 2.75) is 4.90 Å². The molecule has 2 aromatic carbocycles. The Morgan fingerprint density at radius 2 is 1.80 bits per heavy atom. The second-order valence-corrected chi connectivity index (χ2v) is 12.1. The van der Waals surface area contributed by atoms with Crippen LogP contribution in [0.2, 0.25) is 0 Å². The van der Waals surface area contributed by atoms with Crippen LogP contribution in [0.3, 0.4) is 0 Å². The first-order valence-corrected chi connectivity index (χ1v) is 14.3. The number of carbonyl (C=O) groups is 1. The molecule has 2 aromatic heterocycles. The molecule has 3 heterocycles. The van der Waals surface area contributed by atoms with E-state index in [1.54, 1.807) is 58.3 Å². The maximum Gasteiger partial charge on any atom is 0.254 e. The zero-order chi connectivity index (χ0) is 24.7. The van der Waals surface area contributed by atoms with Gasteiger partial charge in [-0.15, -0.1) is 0 Å². The van der Waals surface area contributed by atoms with Crippen LogP contribution in [0.25, 0.3) is 28.0 Å². The molecule has 182 valence electrons. The molecule has 0 radical (unpaired) electrons. The summed E-state index contributed by atoms with van der Waals surface area (Å²) in [6, 6.07) is 11.5. The smallest absolute Gasteiger partial charge is 0.254 e. The van der Waals surface area contributed by atoms with E-state index in [9.17, 15) is 22.8 Å². The number of rotatable bonds is 4. The molecule has 0 spiro atoms. The van der Waals surface area contributed by atoms with E-state index in [4.69, 9.17) is 0 Å². The topological polar surface area (TPSA) is 115 Å². The van der Waals surface area contributed by atoms with Gasteiger partial charge in [-0.25, -0.2) is 14.4 Å². The summed E-state index contributed by atoms with van der Waals surface area (Å²) in [6.07, 6.45) is 6.31. The molecular weight excluding hydrogens is 491 g/mol. The minimum absolute atomic E-state index is 0.165. The Labute approximate surface area is 206 Å². The van der Waals surface area contributed by atoms with E-state index in [1.807, 2.05) is 0 Å². The van der Waals surface area contributed by atoms with E-state index in [1.165, 1.54) is 18.5 Å². The van der Waals surface area contributed by atoms with Gasteiger partial charge in [-0.05, 0) is 35.4 Å². The summed E-state index contributed by atoms with van der Waals surface area (Å²) in [5.74, 6) is 0.0331. The molecule has 35 heavy (non-hydrogen) atoms. The van der Waals surface area contributed by atoms with Gasteiger partial charge < -0.3 is 9.45 Å². The quantitative estimate of drug-likeness (QED) is 0.395. The third kappa shape index (κ3) is 4.65. The number of halogens is 1. The number of nitrogens with zero attached hydrogens (tertiary/aromatic N) is 4. The van der Waals surface area contributed by atoms with Gasteiger partial charge in [0, 0.05) is 42.2 Å². The van der Waals surface area contributed by atoms with Crippen LogP contribution in [0.5, 0.6) is 0 Å². The molecule has 5 rings (SSSR count). The van der Waals surface area contributed by atoms with Crippen molar-refractivity contribution in [1.82, 2.24) is 19.4 Å². The molecule has 11 heteroatoms. The SMILES string of the molecule is C[S+]([O-])c1cn(-c2ncc(-c3ccccc3F)cn2)c2cc(C(=O)N3CCS(O)(O)CC3)ccc12. The number of carbonyl (C=O) groups excluding carboxylic acids is 1. The van der Waals surface area contributed by atoms with Crippen LogP contribution in [0, 0.1) is 5.82 Å². The highest BCUT2D eigenvalue weighted by Gasteiger charge is 2.27. The summed E-state index contributed by atoms with van der Waals surface area (Å²) < 4.78 is 47.9. The van der Waals surface area contributed by atoms with E-state index in [0.29, 0.717) is 38.4 Å². The van der Waals surface area contributed by atoms with E-state index in [-0.39, 0.29) is 36.3 Å². The molecule has 1 aliphatic heterocycles. The number of benzene rings is 2. The minimum atomic E-state index is -2.61. The molecular formula is C24H23FN4O4S2. The monoisotopic (exact) mass is 514 g/mol. The highest BCUT2D eigenvalue weighted by atomic mass is 32.3. The average molecular weight is 515 g/mol. The van der Waals surface area contributed by atoms with Crippen LogP contribution in [0.15, 0.2) is 66.0 Å². The van der Waals surface area contributed by atoms with Gasteiger partial charge >= 0.3 is 0 Å². The second kappa shape index (κ2) is 9.25. The van der Waals surface area contributed by atoms with Gasteiger partial charge in [-0.3, -0.25) is 18.5 Å². The first-order valence-electron chi connectivity index (χ1n) is 10.8. The number of hydrogen-bond donors (Lipinski definition) is 2. The van der Waals surface area contributed by atoms with Crippen LogP contribution in [-0.4, -0.2) is 69.9 Å². The lowest BCUT2D eigenvalue weighted by atomic mass is 10.1. The highest BCUT2D eigenvalue weighted by Crippen LogP contribution is 2.40. The van der Waals surface area contributed by atoms with Crippen LogP contribution in [-0.2, 0) is 11.2 Å². The van der Waals surface area contributed by atoms with Gasteiger partial charge in [-0.2, -0.15) is 10.6 Å². The summed E-state index contributed by atoms with van der Waals surface area (Å²) in [7, 11) is -2.61. The van der Waals surface area contributed by atoms with Crippen molar-refractivity contribution in [2.24, 2.45) is 0 Å². The Kier molecular flexibility index (Phi) is 6.28. The third-order valence-corrected chi connectivity index (χ3v) is 8.65. The maximum absolute atomic E-state index is 14.2. The van der Waals surface area contributed by atoms with Gasteiger partial charge in [0.25, 0.3) is 5.91 Å². The van der Waals surface area contributed by atoms with Crippen molar-refractivity contribution < 1.29 is 22.8 Å². The zero-order valence-corrected chi connectivity index (χ0v) is 20.4. The van der Waals surface area contributed by atoms with Gasteiger partial charge in [0.1, 0.15) is 12.1 Å². The maximum atomic E-state index is 14.2. The molecule has 0 saturated carbocycles. The van der Waals surface area contributed by atoms with Gasteiger partial charge in [0.15, 0.2) is 4.90 Å².